The van der Waals surface area contributed by atoms with Gasteiger partial charge in [-0.25, -0.2) is 4.98 Å². The summed E-state index contributed by atoms with van der Waals surface area (Å²) in [5.74, 6) is -0.590. The van der Waals surface area contributed by atoms with Gasteiger partial charge in [0.2, 0.25) is 5.91 Å². The SMILES string of the molecule is Cc1csc(CC(=O)NNC(=O)c2ccc3c4c(cccc24)CC3)n1. The second kappa shape index (κ2) is 6.29. The summed E-state index contributed by atoms with van der Waals surface area (Å²) in [6.45, 7) is 1.88. The molecule has 1 aromatic heterocycles. The normalized spacial score (nSPS) is 12.4. The van der Waals surface area contributed by atoms with Crippen LogP contribution < -0.4 is 10.9 Å². The monoisotopic (exact) mass is 351 g/mol. The van der Waals surface area contributed by atoms with E-state index in [9.17, 15) is 9.59 Å². The van der Waals surface area contributed by atoms with Crippen LogP contribution in [0.25, 0.3) is 10.8 Å². The molecule has 0 atom stereocenters. The molecule has 4 rings (SSSR count). The van der Waals surface area contributed by atoms with Crippen molar-refractivity contribution in [2.75, 3.05) is 0 Å². The zero-order valence-corrected chi connectivity index (χ0v) is 14.6. The molecular weight excluding hydrogens is 334 g/mol. The van der Waals surface area contributed by atoms with Gasteiger partial charge < -0.3 is 0 Å². The van der Waals surface area contributed by atoms with Gasteiger partial charge in [-0.05, 0) is 47.7 Å². The van der Waals surface area contributed by atoms with Gasteiger partial charge in [-0.2, -0.15) is 0 Å². The maximum atomic E-state index is 12.5. The molecule has 1 aliphatic carbocycles. The summed E-state index contributed by atoms with van der Waals surface area (Å²) in [6.07, 6.45) is 2.19. The molecule has 0 saturated heterocycles. The molecule has 126 valence electrons. The Kier molecular flexibility index (Phi) is 3.97. The van der Waals surface area contributed by atoms with Crippen LogP contribution >= 0.6 is 11.3 Å². The average molecular weight is 351 g/mol. The van der Waals surface area contributed by atoms with Crippen molar-refractivity contribution in [1.82, 2.24) is 15.8 Å². The highest BCUT2D eigenvalue weighted by Gasteiger charge is 2.19. The minimum atomic E-state index is -0.306. The van der Waals surface area contributed by atoms with E-state index in [0.717, 1.165) is 28.9 Å². The van der Waals surface area contributed by atoms with Crippen LogP contribution in [0.15, 0.2) is 35.7 Å². The lowest BCUT2D eigenvalue weighted by Crippen LogP contribution is -2.42. The summed E-state index contributed by atoms with van der Waals surface area (Å²) in [5.41, 5.74) is 9.03. The molecule has 0 radical (unpaired) electrons. The van der Waals surface area contributed by atoms with Gasteiger partial charge in [-0.3, -0.25) is 20.4 Å². The number of hydrazine groups is 1. The van der Waals surface area contributed by atoms with E-state index in [4.69, 9.17) is 0 Å². The molecule has 5 nitrogen and oxygen atoms in total. The van der Waals surface area contributed by atoms with Gasteiger partial charge in [0.25, 0.3) is 5.91 Å². The number of amides is 2. The second-order valence-electron chi connectivity index (χ2n) is 6.17. The average Bonchev–Trinajstić information content (AvgIpc) is 3.21. The topological polar surface area (TPSA) is 71.1 Å². The fourth-order valence-corrected chi connectivity index (χ4v) is 4.07. The van der Waals surface area contributed by atoms with Crippen molar-refractivity contribution < 1.29 is 9.59 Å². The minimum Gasteiger partial charge on any atom is -0.273 e. The summed E-state index contributed by atoms with van der Waals surface area (Å²) in [5, 5.41) is 4.75. The third-order valence-electron chi connectivity index (χ3n) is 4.42. The Bertz CT molecular complexity index is 983. The van der Waals surface area contributed by atoms with Crippen LogP contribution in [0.5, 0.6) is 0 Å². The van der Waals surface area contributed by atoms with Crippen molar-refractivity contribution in [3.8, 4) is 0 Å². The molecule has 25 heavy (non-hydrogen) atoms. The number of carbonyl (C=O) groups is 2. The number of nitrogens with zero attached hydrogens (tertiary/aromatic N) is 1. The highest BCUT2D eigenvalue weighted by molar-refractivity contribution is 7.09. The molecule has 0 fully saturated rings. The Morgan fingerprint density at radius 1 is 1.12 bits per heavy atom. The van der Waals surface area contributed by atoms with E-state index in [1.54, 1.807) is 0 Å². The molecule has 2 N–H and O–H groups in total. The number of nitrogens with one attached hydrogen (secondary N) is 2. The van der Waals surface area contributed by atoms with Crippen LogP contribution in [0.1, 0.15) is 32.2 Å². The molecule has 1 aliphatic rings. The number of carbonyl (C=O) groups excluding carboxylic acids is 2. The van der Waals surface area contributed by atoms with E-state index in [-0.39, 0.29) is 18.2 Å². The Morgan fingerprint density at radius 2 is 1.92 bits per heavy atom. The summed E-state index contributed by atoms with van der Waals surface area (Å²) in [6, 6.07) is 9.89. The Morgan fingerprint density at radius 3 is 2.68 bits per heavy atom. The van der Waals surface area contributed by atoms with E-state index in [1.165, 1.54) is 27.8 Å². The summed E-state index contributed by atoms with van der Waals surface area (Å²) in [7, 11) is 0. The summed E-state index contributed by atoms with van der Waals surface area (Å²) in [4.78, 5) is 28.8. The van der Waals surface area contributed by atoms with Crippen molar-refractivity contribution >= 4 is 33.9 Å². The summed E-state index contributed by atoms with van der Waals surface area (Å²) >= 11 is 1.44. The quantitative estimate of drug-likeness (QED) is 0.713. The molecule has 3 aromatic rings. The lowest BCUT2D eigenvalue weighted by Gasteiger charge is -2.10. The van der Waals surface area contributed by atoms with Gasteiger partial charge in [0.05, 0.1) is 6.42 Å². The zero-order valence-electron chi connectivity index (χ0n) is 13.8. The smallest absolute Gasteiger partial charge is 0.270 e. The Labute approximate surface area is 149 Å². The molecule has 0 spiro atoms. The van der Waals surface area contributed by atoms with E-state index in [1.807, 2.05) is 36.6 Å². The highest BCUT2D eigenvalue weighted by Crippen LogP contribution is 2.32. The van der Waals surface area contributed by atoms with Crippen molar-refractivity contribution in [2.45, 2.75) is 26.2 Å². The van der Waals surface area contributed by atoms with Gasteiger partial charge in [0, 0.05) is 16.6 Å². The standard InChI is InChI=1S/C19H17N3O2S/c1-11-10-25-17(20-11)9-16(23)21-22-19(24)15-8-7-13-6-5-12-3-2-4-14(15)18(12)13/h2-4,7-8,10H,5-6,9H2,1H3,(H,21,23)(H,22,24). The predicted molar refractivity (Wildman–Crippen MR) is 97.5 cm³/mol. The van der Waals surface area contributed by atoms with Crippen molar-refractivity contribution in [1.29, 1.82) is 0 Å². The first-order chi connectivity index (χ1) is 12.1. The number of benzene rings is 2. The van der Waals surface area contributed by atoms with Crippen LogP contribution in [0.4, 0.5) is 0 Å². The molecule has 0 aliphatic heterocycles. The molecule has 2 aromatic carbocycles. The fourth-order valence-electron chi connectivity index (χ4n) is 3.30. The van der Waals surface area contributed by atoms with Gasteiger partial charge in [0.1, 0.15) is 5.01 Å². The third-order valence-corrected chi connectivity index (χ3v) is 5.38. The molecule has 0 saturated carbocycles. The van der Waals surface area contributed by atoms with Gasteiger partial charge in [-0.15, -0.1) is 11.3 Å². The van der Waals surface area contributed by atoms with Gasteiger partial charge >= 0.3 is 0 Å². The van der Waals surface area contributed by atoms with Crippen molar-refractivity contribution in [3.05, 3.63) is 63.1 Å². The molecule has 0 unspecified atom stereocenters. The van der Waals surface area contributed by atoms with Crippen LogP contribution in [-0.4, -0.2) is 16.8 Å². The number of hydrogen-bond acceptors (Lipinski definition) is 4. The first-order valence-electron chi connectivity index (χ1n) is 8.15. The molecule has 2 amide bonds. The number of thiazole rings is 1. The number of rotatable bonds is 3. The Balaban J connectivity index is 1.49. The first-order valence-corrected chi connectivity index (χ1v) is 9.03. The van der Waals surface area contributed by atoms with E-state index >= 15 is 0 Å². The largest absolute Gasteiger partial charge is 0.273 e. The second-order valence-corrected chi connectivity index (χ2v) is 7.12. The Hall–Kier alpha value is -2.73. The van der Waals surface area contributed by atoms with Crippen LogP contribution in [0.2, 0.25) is 0 Å². The van der Waals surface area contributed by atoms with E-state index < -0.39 is 0 Å². The number of aryl methyl sites for hydroxylation is 3. The lowest BCUT2D eigenvalue weighted by atomic mass is 10.00. The van der Waals surface area contributed by atoms with E-state index in [0.29, 0.717) is 5.56 Å². The first kappa shape index (κ1) is 15.8. The van der Waals surface area contributed by atoms with Crippen LogP contribution in [0.3, 0.4) is 0 Å². The zero-order chi connectivity index (χ0) is 17.4. The molecule has 1 heterocycles. The number of hydrogen-bond donors (Lipinski definition) is 2. The maximum Gasteiger partial charge on any atom is 0.270 e. The maximum absolute atomic E-state index is 12.5. The van der Waals surface area contributed by atoms with E-state index in [2.05, 4.69) is 21.9 Å². The van der Waals surface area contributed by atoms with Gasteiger partial charge in [-0.1, -0.05) is 24.3 Å². The van der Waals surface area contributed by atoms with Crippen LogP contribution in [0, 0.1) is 6.92 Å². The minimum absolute atomic E-state index is 0.155. The van der Waals surface area contributed by atoms with Gasteiger partial charge in [0.15, 0.2) is 0 Å². The van der Waals surface area contributed by atoms with Crippen molar-refractivity contribution in [3.63, 3.8) is 0 Å². The fraction of sp³-hybridized carbons (Fsp3) is 0.211. The molecule has 6 heteroatoms. The van der Waals surface area contributed by atoms with Crippen molar-refractivity contribution in [2.24, 2.45) is 0 Å². The summed E-state index contributed by atoms with van der Waals surface area (Å²) < 4.78 is 0. The lowest BCUT2D eigenvalue weighted by molar-refractivity contribution is -0.121. The molecular formula is C19H17N3O2S. The predicted octanol–water partition coefficient (Wildman–Crippen LogP) is 2.71. The third kappa shape index (κ3) is 3.00. The number of aromatic nitrogens is 1. The molecule has 0 bridgehead atoms. The highest BCUT2D eigenvalue weighted by atomic mass is 32.1. The van der Waals surface area contributed by atoms with Crippen LogP contribution in [-0.2, 0) is 24.1 Å².